The van der Waals surface area contributed by atoms with Crippen LogP contribution in [0.2, 0.25) is 25.1 Å². The summed E-state index contributed by atoms with van der Waals surface area (Å²) in [5.41, 5.74) is 0. The van der Waals surface area contributed by atoms with Crippen molar-refractivity contribution in [3.05, 3.63) is 59.0 Å². The fourth-order valence-electron chi connectivity index (χ4n) is 1.45. The summed E-state index contributed by atoms with van der Waals surface area (Å²) in [7, 11) is 0. The molecule has 12 heteroatoms. The summed E-state index contributed by atoms with van der Waals surface area (Å²) in [6.07, 6.45) is -5.20. The number of rotatable bonds is 4. The summed E-state index contributed by atoms with van der Waals surface area (Å²) in [5, 5.41) is -1.10. The number of carbonyl (C=O) groups excluding carboxylic acids is 1. The van der Waals surface area contributed by atoms with Crippen molar-refractivity contribution in [2.24, 2.45) is 0 Å². The first-order valence-corrected chi connectivity index (χ1v) is 11.0. The fraction of sp³-hybridized carbons (Fsp3) is 0.0714. The van der Waals surface area contributed by atoms with Gasteiger partial charge in [0.15, 0.2) is 0 Å². The first kappa shape index (κ1) is 22.0. The van der Waals surface area contributed by atoms with Crippen LogP contribution in [0, 0.1) is 3.57 Å². The molecule has 0 saturated heterocycles. The summed E-state index contributed by atoms with van der Waals surface area (Å²) >= 11 is 26.0. The normalized spacial score (nSPS) is 11.9. The van der Waals surface area contributed by atoms with Crippen molar-refractivity contribution in [1.29, 1.82) is 0 Å². The molecule has 2 aromatic carbocycles. The van der Waals surface area contributed by atoms with Gasteiger partial charge in [-0.3, -0.25) is 0 Å². The van der Waals surface area contributed by atoms with Gasteiger partial charge < -0.3 is 0 Å². The Morgan fingerprint density at radius 3 is 1.77 bits per heavy atom. The number of carbonyl (C=O) groups is 1. The predicted molar refractivity (Wildman–Crippen MR) is 103 cm³/mol. The summed E-state index contributed by atoms with van der Waals surface area (Å²) in [5.74, 6) is -2.72. The van der Waals surface area contributed by atoms with E-state index in [2.05, 4.69) is 3.07 Å². The standard InChI is InChI=1S/C14H5Cl5F3IO3/c15-7-8(16)10(18)12(11(19)9(7)17)25-23(6-4-2-1-3-5-6)26-13(24)14(20,21)22/h1-5H. The van der Waals surface area contributed by atoms with E-state index < -0.39 is 32.8 Å². The molecule has 0 N–H and O–H groups in total. The van der Waals surface area contributed by atoms with Crippen LogP contribution in [0.5, 0.6) is 5.75 Å². The van der Waals surface area contributed by atoms with E-state index in [0.29, 0.717) is 0 Å². The van der Waals surface area contributed by atoms with E-state index in [0.717, 1.165) is 0 Å². The molecular formula is C14H5Cl5F3IO3. The monoisotopic (exact) mass is 580 g/mol. The van der Waals surface area contributed by atoms with Crippen LogP contribution in [0.25, 0.3) is 0 Å². The van der Waals surface area contributed by atoms with Gasteiger partial charge in [0.25, 0.3) is 0 Å². The fourth-order valence-corrected chi connectivity index (χ4v) is 5.97. The van der Waals surface area contributed by atoms with Crippen LogP contribution < -0.4 is 3.07 Å². The predicted octanol–water partition coefficient (Wildman–Crippen LogP) is 7.64. The molecule has 0 bridgehead atoms. The maximum absolute atomic E-state index is 12.6. The number of halogens is 9. The zero-order valence-corrected chi connectivity index (χ0v) is 18.0. The summed E-state index contributed by atoms with van der Waals surface area (Å²) in [6, 6.07) is 7.58. The van der Waals surface area contributed by atoms with Crippen molar-refractivity contribution in [3.8, 4) is 5.75 Å². The van der Waals surface area contributed by atoms with Crippen LogP contribution in [0.1, 0.15) is 0 Å². The number of alkyl halides is 3. The zero-order chi connectivity index (χ0) is 19.6. The van der Waals surface area contributed by atoms with Crippen LogP contribution in [0.15, 0.2) is 30.3 Å². The van der Waals surface area contributed by atoms with E-state index >= 15 is 0 Å². The molecule has 0 aliphatic rings. The summed E-state index contributed by atoms with van der Waals surface area (Å²) < 4.78 is 48.0. The second-order valence-corrected chi connectivity index (χ2v) is 9.61. The molecule has 2 rings (SSSR count). The number of hydrogen-bond acceptors (Lipinski definition) is 3. The van der Waals surface area contributed by atoms with Crippen LogP contribution in [-0.2, 0) is 7.86 Å². The van der Waals surface area contributed by atoms with Crippen LogP contribution >= 0.6 is 78.7 Å². The van der Waals surface area contributed by atoms with Crippen molar-refractivity contribution in [3.63, 3.8) is 0 Å². The number of hydrogen-bond donors (Lipinski definition) is 0. The van der Waals surface area contributed by atoms with Gasteiger partial charge in [0, 0.05) is 0 Å². The Hall–Kier alpha value is -0.320. The molecule has 0 atom stereocenters. The molecule has 0 amide bonds. The minimum atomic E-state index is -5.20. The van der Waals surface area contributed by atoms with Gasteiger partial charge in [-0.1, -0.05) is 0 Å². The quantitative estimate of drug-likeness (QED) is 0.211. The molecule has 26 heavy (non-hydrogen) atoms. The van der Waals surface area contributed by atoms with Gasteiger partial charge in [0.05, 0.1) is 0 Å². The molecule has 0 spiro atoms. The van der Waals surface area contributed by atoms with E-state index in [9.17, 15) is 18.0 Å². The van der Waals surface area contributed by atoms with Gasteiger partial charge >= 0.3 is 180 Å². The zero-order valence-electron chi connectivity index (χ0n) is 12.0. The van der Waals surface area contributed by atoms with Crippen molar-refractivity contribution in [2.45, 2.75) is 6.18 Å². The van der Waals surface area contributed by atoms with Gasteiger partial charge in [-0.2, -0.15) is 0 Å². The molecule has 0 fully saturated rings. The molecule has 142 valence electrons. The average molecular weight is 582 g/mol. The molecule has 0 unspecified atom stereocenters. The SMILES string of the molecule is O=C(OI(Oc1c(Cl)c(Cl)c(Cl)c(Cl)c1Cl)c1ccccc1)C(F)(F)F. The van der Waals surface area contributed by atoms with E-state index in [-0.39, 0.29) is 34.4 Å². The van der Waals surface area contributed by atoms with Gasteiger partial charge in [0.1, 0.15) is 0 Å². The molecule has 0 aliphatic heterocycles. The Kier molecular flexibility index (Phi) is 7.43. The molecule has 2 aromatic rings. The van der Waals surface area contributed by atoms with E-state index in [1.54, 1.807) is 6.07 Å². The minimum absolute atomic E-state index is 0.150. The van der Waals surface area contributed by atoms with Crippen molar-refractivity contribution >= 4 is 84.6 Å². The first-order chi connectivity index (χ1) is 12.0. The summed E-state index contributed by atoms with van der Waals surface area (Å²) in [4.78, 5) is 11.3. The third-order valence-electron chi connectivity index (χ3n) is 2.60. The Morgan fingerprint density at radius 2 is 1.31 bits per heavy atom. The van der Waals surface area contributed by atoms with Crippen molar-refractivity contribution in [2.75, 3.05) is 0 Å². The Balaban J connectivity index is 2.47. The van der Waals surface area contributed by atoms with Crippen LogP contribution in [-0.4, -0.2) is 12.1 Å². The molecule has 0 radical (unpaired) electrons. The van der Waals surface area contributed by atoms with E-state index in [4.69, 9.17) is 61.1 Å². The molecule has 0 heterocycles. The first-order valence-electron chi connectivity index (χ1n) is 6.28. The maximum atomic E-state index is 12.6. The van der Waals surface area contributed by atoms with E-state index in [1.165, 1.54) is 24.3 Å². The second-order valence-electron chi connectivity index (χ2n) is 4.35. The van der Waals surface area contributed by atoms with Gasteiger partial charge in [-0.15, -0.1) is 0 Å². The Morgan fingerprint density at radius 1 is 0.846 bits per heavy atom. The molecule has 0 aliphatic carbocycles. The third kappa shape index (κ3) is 4.94. The van der Waals surface area contributed by atoms with E-state index in [1.807, 2.05) is 0 Å². The van der Waals surface area contributed by atoms with Crippen LogP contribution in [0.4, 0.5) is 13.2 Å². The van der Waals surface area contributed by atoms with Crippen LogP contribution in [0.3, 0.4) is 0 Å². The van der Waals surface area contributed by atoms with Gasteiger partial charge in [-0.25, -0.2) is 0 Å². The van der Waals surface area contributed by atoms with Gasteiger partial charge in [0.2, 0.25) is 0 Å². The van der Waals surface area contributed by atoms with Gasteiger partial charge in [-0.05, 0) is 0 Å². The average Bonchev–Trinajstić information content (AvgIpc) is 2.60. The third-order valence-corrected chi connectivity index (χ3v) is 8.22. The van der Waals surface area contributed by atoms with Crippen molar-refractivity contribution in [1.82, 2.24) is 0 Å². The molecule has 0 aromatic heterocycles. The van der Waals surface area contributed by atoms with Crippen molar-refractivity contribution < 1.29 is 24.1 Å². The number of benzene rings is 2. The Labute approximate surface area is 178 Å². The molecule has 3 nitrogen and oxygen atoms in total. The molecule has 0 saturated carbocycles. The summed E-state index contributed by atoms with van der Waals surface area (Å²) in [6.45, 7) is 0. The Bertz CT molecular complexity index is 804. The topological polar surface area (TPSA) is 35.5 Å². The molecular weight excluding hydrogens is 577 g/mol. The second kappa shape index (κ2) is 8.79.